The largest absolute Gasteiger partial charge is 0.313 e. The number of thioether (sulfide) groups is 2. The van der Waals surface area contributed by atoms with Gasteiger partial charge in [0.1, 0.15) is 0 Å². The normalized spacial score (nSPS) is 28.3. The quantitative estimate of drug-likeness (QED) is 0.746. The van der Waals surface area contributed by atoms with Crippen LogP contribution in [0.1, 0.15) is 26.7 Å². The summed E-state index contributed by atoms with van der Waals surface area (Å²) in [7, 11) is 0. The molecule has 15 heavy (non-hydrogen) atoms. The van der Waals surface area contributed by atoms with E-state index in [9.17, 15) is 0 Å². The third-order valence-electron chi connectivity index (χ3n) is 2.70. The second-order valence-corrected chi connectivity index (χ2v) is 6.59. The van der Waals surface area contributed by atoms with E-state index in [1.54, 1.807) is 0 Å². The second-order valence-electron chi connectivity index (χ2n) is 3.82. The van der Waals surface area contributed by atoms with Crippen LogP contribution in [0.3, 0.4) is 0 Å². The minimum absolute atomic E-state index is 0.596. The van der Waals surface area contributed by atoms with Gasteiger partial charge in [-0.2, -0.15) is 23.5 Å². The molecule has 1 nitrogen and oxygen atoms in total. The summed E-state index contributed by atoms with van der Waals surface area (Å²) in [6.45, 7) is 5.57. The Labute approximate surface area is 103 Å². The Morgan fingerprint density at radius 2 is 2.20 bits per heavy atom. The maximum Gasteiger partial charge on any atom is 0.0317 e. The van der Waals surface area contributed by atoms with Crippen molar-refractivity contribution in [2.75, 3.05) is 18.1 Å². The molecule has 1 N–H and O–H groups in total. The Kier molecular flexibility index (Phi) is 6.63. The molecule has 0 aromatic carbocycles. The van der Waals surface area contributed by atoms with Crippen LogP contribution in [0.5, 0.6) is 0 Å². The number of nitrogens with one attached hydrogen (secondary N) is 1. The van der Waals surface area contributed by atoms with Gasteiger partial charge in [0, 0.05) is 34.5 Å². The third kappa shape index (κ3) is 4.30. The molecule has 0 spiro atoms. The molecule has 3 heteroatoms. The molecule has 0 bridgehead atoms. The van der Waals surface area contributed by atoms with E-state index < -0.39 is 0 Å². The first kappa shape index (κ1) is 13.3. The molecule has 0 aromatic rings. The zero-order valence-corrected chi connectivity index (χ0v) is 11.3. The number of hydrogen-bond donors (Lipinski definition) is 1. The van der Waals surface area contributed by atoms with Gasteiger partial charge >= 0.3 is 0 Å². The van der Waals surface area contributed by atoms with Crippen molar-refractivity contribution in [3.05, 3.63) is 0 Å². The van der Waals surface area contributed by atoms with Gasteiger partial charge in [-0.15, -0.1) is 12.3 Å². The van der Waals surface area contributed by atoms with Crippen molar-refractivity contribution in [3.8, 4) is 12.3 Å². The van der Waals surface area contributed by atoms with Gasteiger partial charge in [-0.05, 0) is 13.0 Å². The van der Waals surface area contributed by atoms with E-state index in [-0.39, 0.29) is 0 Å². The van der Waals surface area contributed by atoms with Gasteiger partial charge in [-0.25, -0.2) is 0 Å². The maximum absolute atomic E-state index is 5.35. The van der Waals surface area contributed by atoms with Gasteiger partial charge in [0.15, 0.2) is 0 Å². The summed E-state index contributed by atoms with van der Waals surface area (Å²) in [5.41, 5.74) is 0. The van der Waals surface area contributed by atoms with E-state index in [0.717, 1.165) is 29.9 Å². The molecule has 1 aliphatic rings. The molecular formula is C12H21NS2. The average Bonchev–Trinajstić information content (AvgIpc) is 2.25. The smallest absolute Gasteiger partial charge is 0.0317 e. The summed E-state index contributed by atoms with van der Waals surface area (Å²) in [4.78, 5) is 0. The van der Waals surface area contributed by atoms with E-state index in [0.29, 0.717) is 6.04 Å². The maximum atomic E-state index is 5.35. The fourth-order valence-electron chi connectivity index (χ4n) is 1.98. The lowest BCUT2D eigenvalue weighted by Crippen LogP contribution is -2.44. The van der Waals surface area contributed by atoms with Crippen molar-refractivity contribution in [2.24, 2.45) is 0 Å². The van der Waals surface area contributed by atoms with Crippen LogP contribution in [-0.2, 0) is 0 Å². The Hall–Kier alpha value is 0.220. The van der Waals surface area contributed by atoms with E-state index >= 15 is 0 Å². The Bertz CT molecular complexity index is 212. The minimum Gasteiger partial charge on any atom is -0.313 e. The van der Waals surface area contributed by atoms with Crippen LogP contribution < -0.4 is 5.32 Å². The Balaban J connectivity index is 2.48. The molecule has 3 atom stereocenters. The van der Waals surface area contributed by atoms with Gasteiger partial charge < -0.3 is 5.32 Å². The molecule has 0 radical (unpaired) electrons. The van der Waals surface area contributed by atoms with Gasteiger partial charge in [0.25, 0.3) is 0 Å². The highest BCUT2D eigenvalue weighted by Crippen LogP contribution is 2.34. The fraction of sp³-hybridized carbons (Fsp3) is 0.833. The number of hydrogen-bond acceptors (Lipinski definition) is 3. The summed E-state index contributed by atoms with van der Waals surface area (Å²) < 4.78 is 0. The zero-order chi connectivity index (χ0) is 11.1. The zero-order valence-electron chi connectivity index (χ0n) is 9.66. The molecule has 0 saturated carbocycles. The van der Waals surface area contributed by atoms with Crippen LogP contribution in [-0.4, -0.2) is 34.6 Å². The van der Waals surface area contributed by atoms with E-state index in [1.165, 1.54) is 11.5 Å². The first-order valence-corrected chi connectivity index (χ1v) is 7.79. The predicted octanol–water partition coefficient (Wildman–Crippen LogP) is 2.62. The highest BCUT2D eigenvalue weighted by molar-refractivity contribution is 8.07. The molecule has 1 heterocycles. The molecule has 1 aliphatic heterocycles. The lowest BCUT2D eigenvalue weighted by molar-refractivity contribution is 0.479. The van der Waals surface area contributed by atoms with Crippen molar-refractivity contribution >= 4 is 23.5 Å². The van der Waals surface area contributed by atoms with Crippen LogP contribution in [0.25, 0.3) is 0 Å². The van der Waals surface area contributed by atoms with E-state index in [1.807, 2.05) is 0 Å². The van der Waals surface area contributed by atoms with Crippen LogP contribution in [0, 0.1) is 12.3 Å². The van der Waals surface area contributed by atoms with Gasteiger partial charge in [-0.3, -0.25) is 0 Å². The summed E-state index contributed by atoms with van der Waals surface area (Å²) in [6.07, 6.45) is 7.36. The van der Waals surface area contributed by atoms with E-state index in [2.05, 4.69) is 48.6 Å². The second kappa shape index (κ2) is 7.49. The molecular weight excluding hydrogens is 222 g/mol. The minimum atomic E-state index is 0.596. The summed E-state index contributed by atoms with van der Waals surface area (Å²) in [5, 5.41) is 5.08. The summed E-state index contributed by atoms with van der Waals surface area (Å²) in [5.74, 6) is 5.35. The lowest BCUT2D eigenvalue weighted by Gasteiger charge is -2.34. The Morgan fingerprint density at radius 1 is 1.47 bits per heavy atom. The molecule has 3 unspecified atom stereocenters. The SMILES string of the molecule is C#CCCC(NCC)C1SCCSC1C. The monoisotopic (exact) mass is 243 g/mol. The molecule has 0 amide bonds. The molecule has 86 valence electrons. The molecule has 0 aromatic heterocycles. The molecule has 1 saturated heterocycles. The third-order valence-corrected chi connectivity index (χ3v) is 5.95. The summed E-state index contributed by atoms with van der Waals surface area (Å²) in [6, 6.07) is 0.596. The van der Waals surface area contributed by atoms with Crippen LogP contribution in [0.4, 0.5) is 0 Å². The summed E-state index contributed by atoms with van der Waals surface area (Å²) >= 11 is 4.22. The lowest BCUT2D eigenvalue weighted by atomic mass is 10.1. The van der Waals surface area contributed by atoms with Crippen LogP contribution in [0.2, 0.25) is 0 Å². The van der Waals surface area contributed by atoms with Gasteiger partial charge in [0.05, 0.1) is 0 Å². The van der Waals surface area contributed by atoms with Gasteiger partial charge in [0.2, 0.25) is 0 Å². The van der Waals surface area contributed by atoms with Crippen LogP contribution in [0.15, 0.2) is 0 Å². The molecule has 1 fully saturated rings. The first-order chi connectivity index (χ1) is 7.29. The van der Waals surface area contributed by atoms with Gasteiger partial charge in [-0.1, -0.05) is 13.8 Å². The standard InChI is InChI=1S/C12H21NS2/c1-4-6-7-11(13-5-2)12-10(3)14-8-9-15-12/h1,10-13H,5-9H2,2-3H3. The first-order valence-electron chi connectivity index (χ1n) is 5.69. The predicted molar refractivity (Wildman–Crippen MR) is 73.7 cm³/mol. The van der Waals surface area contributed by atoms with Crippen molar-refractivity contribution in [2.45, 2.75) is 43.2 Å². The fourth-order valence-corrected chi connectivity index (χ4v) is 4.98. The average molecular weight is 243 g/mol. The van der Waals surface area contributed by atoms with Crippen molar-refractivity contribution in [3.63, 3.8) is 0 Å². The van der Waals surface area contributed by atoms with Crippen molar-refractivity contribution in [1.29, 1.82) is 0 Å². The number of rotatable bonds is 5. The topological polar surface area (TPSA) is 12.0 Å². The Morgan fingerprint density at radius 3 is 2.80 bits per heavy atom. The van der Waals surface area contributed by atoms with Crippen LogP contribution >= 0.6 is 23.5 Å². The van der Waals surface area contributed by atoms with Crippen molar-refractivity contribution < 1.29 is 0 Å². The highest BCUT2D eigenvalue weighted by Gasteiger charge is 2.29. The highest BCUT2D eigenvalue weighted by atomic mass is 32.2. The molecule has 0 aliphatic carbocycles. The van der Waals surface area contributed by atoms with Crippen molar-refractivity contribution in [1.82, 2.24) is 5.32 Å². The number of terminal acetylenes is 1. The molecule has 1 rings (SSSR count). The van der Waals surface area contributed by atoms with E-state index in [4.69, 9.17) is 6.42 Å².